The second-order valence-corrected chi connectivity index (χ2v) is 4.86. The minimum absolute atomic E-state index is 0.215. The van der Waals surface area contributed by atoms with E-state index in [0.29, 0.717) is 0 Å². The van der Waals surface area contributed by atoms with Crippen molar-refractivity contribution < 1.29 is 0 Å². The van der Waals surface area contributed by atoms with Crippen LogP contribution in [0.2, 0.25) is 6.04 Å². The highest BCUT2D eigenvalue weighted by atomic mass is 79.9. The maximum absolute atomic E-state index is 3.49. The van der Waals surface area contributed by atoms with Crippen LogP contribution in [0, 0.1) is 0 Å². The molecule has 0 aliphatic carbocycles. The van der Waals surface area contributed by atoms with Gasteiger partial charge in [0.2, 0.25) is 0 Å². The van der Waals surface area contributed by atoms with Gasteiger partial charge in [0.15, 0.2) is 0 Å². The summed E-state index contributed by atoms with van der Waals surface area (Å²) in [5, 5.41) is 0. The van der Waals surface area contributed by atoms with Gasteiger partial charge in [-0.1, -0.05) is 25.8 Å². The highest BCUT2D eigenvalue weighted by Crippen LogP contribution is 1.94. The first-order chi connectivity index (χ1) is 2.91. The zero-order chi connectivity index (χ0) is 4.83. The summed E-state index contributed by atoms with van der Waals surface area (Å²) in [6, 6.07) is 1.47. The summed E-state index contributed by atoms with van der Waals surface area (Å²) in [6.07, 6.45) is 2.79. The molecule has 0 aromatic rings. The van der Waals surface area contributed by atoms with Crippen LogP contribution in [0.15, 0.2) is 0 Å². The van der Waals surface area contributed by atoms with E-state index in [1.165, 1.54) is 18.9 Å². The van der Waals surface area contributed by atoms with E-state index in [1.807, 2.05) is 0 Å². The molecular weight excluding hydrogens is 156 g/mol. The second kappa shape index (κ2) is 5.70. The summed E-state index contributed by atoms with van der Waals surface area (Å²) in [5.41, 5.74) is 0. The number of hydrogen-bond acceptors (Lipinski definition) is 0. The zero-order valence-corrected chi connectivity index (χ0v) is 7.21. The molecule has 0 aromatic heterocycles. The van der Waals surface area contributed by atoms with Crippen LogP contribution in [0.5, 0.6) is 0 Å². The summed E-state index contributed by atoms with van der Waals surface area (Å²) in [6.45, 7) is 2.23. The topological polar surface area (TPSA) is 0 Å². The molecule has 0 N–H and O–H groups in total. The van der Waals surface area contributed by atoms with Crippen molar-refractivity contribution in [1.82, 2.24) is 0 Å². The smallest absolute Gasteiger partial charge is 0.0985 e. The van der Waals surface area contributed by atoms with Gasteiger partial charge >= 0.3 is 0 Å². The second-order valence-electron chi connectivity index (χ2n) is 1.40. The summed E-state index contributed by atoms with van der Waals surface area (Å²) in [4.78, 5) is 0. The van der Waals surface area contributed by atoms with Gasteiger partial charge in [0, 0.05) is 0 Å². The highest BCUT2D eigenvalue weighted by molar-refractivity contribution is 9.23. The van der Waals surface area contributed by atoms with Crippen LogP contribution in [-0.4, -0.2) is 8.14 Å². The molecule has 0 heterocycles. The SMILES string of the molecule is CCCC[SiH2]Br. The van der Waals surface area contributed by atoms with Crippen molar-refractivity contribution in [2.75, 3.05) is 0 Å². The number of rotatable bonds is 3. The summed E-state index contributed by atoms with van der Waals surface area (Å²) >= 11 is 3.49. The lowest BCUT2D eigenvalue weighted by molar-refractivity contribution is 0.883. The van der Waals surface area contributed by atoms with Crippen LogP contribution in [0.1, 0.15) is 19.8 Å². The van der Waals surface area contributed by atoms with Crippen LogP contribution >= 0.6 is 15.3 Å². The molecule has 0 amide bonds. The van der Waals surface area contributed by atoms with Crippen LogP contribution in [0.3, 0.4) is 0 Å². The van der Waals surface area contributed by atoms with Crippen LogP contribution in [-0.2, 0) is 0 Å². The fourth-order valence-corrected chi connectivity index (χ4v) is 2.22. The first-order valence-electron chi connectivity index (χ1n) is 2.47. The molecule has 2 heteroatoms. The van der Waals surface area contributed by atoms with Gasteiger partial charge in [0.1, 0.15) is 0 Å². The van der Waals surface area contributed by atoms with Crippen LogP contribution < -0.4 is 0 Å². The Bertz CT molecular complexity index is 19.5. The van der Waals surface area contributed by atoms with Gasteiger partial charge in [-0.3, -0.25) is 0 Å². The van der Waals surface area contributed by atoms with Crippen LogP contribution in [0.4, 0.5) is 0 Å². The molecule has 0 spiro atoms. The van der Waals surface area contributed by atoms with E-state index < -0.39 is 0 Å². The molecule has 0 aliphatic heterocycles. The molecule has 0 aliphatic rings. The third-order valence-corrected chi connectivity index (χ3v) is 3.19. The Morgan fingerprint density at radius 1 is 1.67 bits per heavy atom. The molecule has 0 saturated heterocycles. The number of hydrogen-bond donors (Lipinski definition) is 0. The molecule has 38 valence electrons. The Balaban J connectivity index is 2.34. The van der Waals surface area contributed by atoms with Gasteiger partial charge in [-0.2, -0.15) is 0 Å². The van der Waals surface area contributed by atoms with Crippen molar-refractivity contribution in [3.63, 3.8) is 0 Å². The average Bonchev–Trinajstić information content (AvgIpc) is 1.61. The van der Waals surface area contributed by atoms with Crippen molar-refractivity contribution in [1.29, 1.82) is 0 Å². The third-order valence-electron chi connectivity index (χ3n) is 0.737. The first-order valence-corrected chi connectivity index (χ1v) is 7.37. The summed E-state index contributed by atoms with van der Waals surface area (Å²) in [5.74, 6) is 0. The molecule has 0 aromatic carbocycles. The first kappa shape index (κ1) is 6.70. The van der Waals surface area contributed by atoms with Gasteiger partial charge < -0.3 is 0 Å². The summed E-state index contributed by atoms with van der Waals surface area (Å²) in [7, 11) is 0.215. The largest absolute Gasteiger partial charge is 0.135 e. The molecule has 0 atom stereocenters. The van der Waals surface area contributed by atoms with Crippen LogP contribution in [0.25, 0.3) is 0 Å². The Kier molecular flexibility index (Phi) is 6.36. The maximum Gasteiger partial charge on any atom is 0.0985 e. The number of unbranched alkanes of at least 4 members (excludes halogenated alkanes) is 1. The normalized spacial score (nSPS) is 11.0. The standard InChI is InChI=1S/C4H11BrSi/c1-2-3-4-6-5/h2-4,6H2,1H3. The maximum atomic E-state index is 3.49. The van der Waals surface area contributed by atoms with Crippen molar-refractivity contribution in [2.24, 2.45) is 0 Å². The van der Waals surface area contributed by atoms with E-state index in [1.54, 1.807) is 0 Å². The summed E-state index contributed by atoms with van der Waals surface area (Å²) < 4.78 is 0. The number of halogens is 1. The molecule has 0 fully saturated rings. The van der Waals surface area contributed by atoms with E-state index in [2.05, 4.69) is 22.2 Å². The van der Waals surface area contributed by atoms with E-state index >= 15 is 0 Å². The van der Waals surface area contributed by atoms with E-state index in [4.69, 9.17) is 0 Å². The lowest BCUT2D eigenvalue weighted by Crippen LogP contribution is -1.72. The lowest BCUT2D eigenvalue weighted by Gasteiger charge is -1.84. The molecule has 0 unspecified atom stereocenters. The fraction of sp³-hybridized carbons (Fsp3) is 1.00. The quantitative estimate of drug-likeness (QED) is 0.341. The molecule has 0 rings (SSSR count). The Labute approximate surface area is 49.7 Å². The molecule has 0 saturated carbocycles. The molecule has 0 nitrogen and oxygen atoms in total. The van der Waals surface area contributed by atoms with E-state index in [9.17, 15) is 0 Å². The van der Waals surface area contributed by atoms with Crippen molar-refractivity contribution in [3.8, 4) is 0 Å². The Morgan fingerprint density at radius 3 is 2.50 bits per heavy atom. The van der Waals surface area contributed by atoms with Crippen molar-refractivity contribution >= 4 is 23.4 Å². The molecule has 6 heavy (non-hydrogen) atoms. The van der Waals surface area contributed by atoms with Crippen molar-refractivity contribution in [3.05, 3.63) is 0 Å². The van der Waals surface area contributed by atoms with E-state index in [-0.39, 0.29) is 8.14 Å². The van der Waals surface area contributed by atoms with Gasteiger partial charge in [0.05, 0.1) is 8.14 Å². The third kappa shape index (κ3) is 4.70. The predicted molar refractivity (Wildman–Crippen MR) is 37.2 cm³/mol. The Morgan fingerprint density at radius 2 is 2.33 bits per heavy atom. The van der Waals surface area contributed by atoms with Gasteiger partial charge in [-0.15, -0.1) is 15.3 Å². The average molecular weight is 167 g/mol. The fourth-order valence-electron chi connectivity index (χ4n) is 0.344. The van der Waals surface area contributed by atoms with Gasteiger partial charge in [-0.25, -0.2) is 0 Å². The zero-order valence-electron chi connectivity index (χ0n) is 4.21. The van der Waals surface area contributed by atoms with Crippen molar-refractivity contribution in [2.45, 2.75) is 25.8 Å². The van der Waals surface area contributed by atoms with Gasteiger partial charge in [-0.05, 0) is 0 Å². The molecular formula is C4H11BrSi. The Hall–Kier alpha value is 0.697. The molecule has 0 bridgehead atoms. The minimum Gasteiger partial charge on any atom is -0.135 e. The van der Waals surface area contributed by atoms with E-state index in [0.717, 1.165) is 0 Å². The lowest BCUT2D eigenvalue weighted by atomic mass is 10.4. The predicted octanol–water partition coefficient (Wildman–Crippen LogP) is 1.68. The monoisotopic (exact) mass is 166 g/mol. The highest BCUT2D eigenvalue weighted by Gasteiger charge is 1.77. The van der Waals surface area contributed by atoms with Gasteiger partial charge in [0.25, 0.3) is 0 Å². The molecule has 0 radical (unpaired) electrons. The minimum atomic E-state index is 0.215.